The fraction of sp³-hybridized carbons (Fsp3) is 0.455. The molecule has 14 heavy (non-hydrogen) atoms. The predicted molar refractivity (Wildman–Crippen MR) is 54.9 cm³/mol. The topological polar surface area (TPSA) is 41.5 Å². The number of nitrogens with one attached hydrogen (secondary N) is 1. The third-order valence-electron chi connectivity index (χ3n) is 2.63. The highest BCUT2D eigenvalue weighted by atomic mass is 16.5. The molecule has 76 valence electrons. The SMILES string of the molecule is CNCC1CCOc2c(O)cccc21. The van der Waals surface area contributed by atoms with Crippen molar-refractivity contribution < 1.29 is 9.84 Å². The lowest BCUT2D eigenvalue weighted by atomic mass is 9.93. The average Bonchev–Trinajstić information content (AvgIpc) is 2.20. The number of likely N-dealkylation sites (N-methyl/N-ethyl adjacent to an activating group) is 1. The molecule has 0 bridgehead atoms. The molecule has 0 aliphatic carbocycles. The predicted octanol–water partition coefficient (Wildman–Crippen LogP) is 1.48. The standard InChI is InChI=1S/C11H15NO2/c1-12-7-8-5-6-14-11-9(8)3-2-4-10(11)13/h2-4,8,12-13H,5-7H2,1H3. The van der Waals surface area contributed by atoms with Gasteiger partial charge in [-0.3, -0.25) is 0 Å². The Kier molecular flexibility index (Phi) is 2.59. The van der Waals surface area contributed by atoms with Crippen LogP contribution >= 0.6 is 0 Å². The summed E-state index contributed by atoms with van der Waals surface area (Å²) >= 11 is 0. The Morgan fingerprint density at radius 3 is 3.21 bits per heavy atom. The zero-order valence-corrected chi connectivity index (χ0v) is 8.29. The van der Waals surface area contributed by atoms with E-state index in [0.717, 1.165) is 18.5 Å². The number of aromatic hydroxyl groups is 1. The van der Waals surface area contributed by atoms with Crippen LogP contribution in [0.2, 0.25) is 0 Å². The van der Waals surface area contributed by atoms with E-state index in [9.17, 15) is 5.11 Å². The molecule has 0 saturated carbocycles. The smallest absolute Gasteiger partial charge is 0.164 e. The molecule has 3 heteroatoms. The van der Waals surface area contributed by atoms with E-state index in [0.29, 0.717) is 18.3 Å². The minimum Gasteiger partial charge on any atom is -0.504 e. The maximum Gasteiger partial charge on any atom is 0.164 e. The number of fused-ring (bicyclic) bond motifs is 1. The quantitative estimate of drug-likeness (QED) is 0.747. The summed E-state index contributed by atoms with van der Waals surface area (Å²) in [6.45, 7) is 1.62. The van der Waals surface area contributed by atoms with Crippen LogP contribution in [0.5, 0.6) is 11.5 Å². The minimum absolute atomic E-state index is 0.253. The van der Waals surface area contributed by atoms with E-state index >= 15 is 0 Å². The van der Waals surface area contributed by atoms with Crippen molar-refractivity contribution >= 4 is 0 Å². The molecule has 1 aliphatic rings. The summed E-state index contributed by atoms with van der Waals surface area (Å²) in [7, 11) is 1.94. The van der Waals surface area contributed by atoms with E-state index in [2.05, 4.69) is 5.32 Å². The van der Waals surface area contributed by atoms with Gasteiger partial charge in [0, 0.05) is 18.0 Å². The van der Waals surface area contributed by atoms with Crippen LogP contribution in [0.25, 0.3) is 0 Å². The zero-order valence-electron chi connectivity index (χ0n) is 8.29. The fourth-order valence-electron chi connectivity index (χ4n) is 1.94. The van der Waals surface area contributed by atoms with Crippen molar-refractivity contribution in [3.8, 4) is 11.5 Å². The molecule has 1 unspecified atom stereocenters. The zero-order chi connectivity index (χ0) is 9.97. The summed E-state index contributed by atoms with van der Waals surface area (Å²) in [6.07, 6.45) is 1.01. The van der Waals surface area contributed by atoms with Gasteiger partial charge in [-0.05, 0) is 19.5 Å². The largest absolute Gasteiger partial charge is 0.504 e. The average molecular weight is 193 g/mol. The van der Waals surface area contributed by atoms with Crippen LogP contribution in [0.4, 0.5) is 0 Å². The van der Waals surface area contributed by atoms with Crippen molar-refractivity contribution in [2.24, 2.45) is 0 Å². The van der Waals surface area contributed by atoms with Crippen LogP contribution < -0.4 is 10.1 Å². The van der Waals surface area contributed by atoms with Crippen molar-refractivity contribution in [2.45, 2.75) is 12.3 Å². The van der Waals surface area contributed by atoms with Crippen LogP contribution in [-0.2, 0) is 0 Å². The Morgan fingerprint density at radius 1 is 1.57 bits per heavy atom. The van der Waals surface area contributed by atoms with Gasteiger partial charge in [-0.15, -0.1) is 0 Å². The Labute approximate surface area is 83.7 Å². The molecular weight excluding hydrogens is 178 g/mol. The molecule has 0 spiro atoms. The normalized spacial score (nSPS) is 19.9. The summed E-state index contributed by atoms with van der Waals surface area (Å²) in [5.41, 5.74) is 1.12. The van der Waals surface area contributed by atoms with Crippen LogP contribution in [0.1, 0.15) is 17.9 Å². The van der Waals surface area contributed by atoms with Gasteiger partial charge >= 0.3 is 0 Å². The first kappa shape index (κ1) is 9.34. The Bertz CT molecular complexity index is 325. The number of phenolic OH excluding ortho intramolecular Hbond substituents is 1. The fourth-order valence-corrected chi connectivity index (χ4v) is 1.94. The molecule has 0 amide bonds. The monoisotopic (exact) mass is 193 g/mol. The highest BCUT2D eigenvalue weighted by Gasteiger charge is 2.22. The van der Waals surface area contributed by atoms with Crippen LogP contribution in [-0.4, -0.2) is 25.3 Å². The van der Waals surface area contributed by atoms with Crippen LogP contribution in [0.15, 0.2) is 18.2 Å². The molecule has 3 nitrogen and oxygen atoms in total. The molecule has 1 heterocycles. The van der Waals surface area contributed by atoms with Gasteiger partial charge in [0.15, 0.2) is 11.5 Å². The molecule has 0 aromatic heterocycles. The van der Waals surface area contributed by atoms with Gasteiger partial charge < -0.3 is 15.2 Å². The lowest BCUT2D eigenvalue weighted by Gasteiger charge is -2.26. The van der Waals surface area contributed by atoms with Crippen molar-refractivity contribution in [1.29, 1.82) is 0 Å². The molecular formula is C11H15NO2. The molecule has 2 rings (SSSR count). The second-order valence-corrected chi connectivity index (χ2v) is 3.59. The van der Waals surface area contributed by atoms with E-state index in [1.807, 2.05) is 19.2 Å². The molecule has 0 fully saturated rings. The first-order valence-corrected chi connectivity index (χ1v) is 4.92. The van der Waals surface area contributed by atoms with E-state index in [-0.39, 0.29) is 5.75 Å². The number of ether oxygens (including phenoxy) is 1. The Balaban J connectivity index is 2.34. The van der Waals surface area contributed by atoms with E-state index in [1.165, 1.54) is 0 Å². The summed E-state index contributed by atoms with van der Waals surface area (Å²) in [6, 6.07) is 5.56. The Hall–Kier alpha value is -1.22. The van der Waals surface area contributed by atoms with Gasteiger partial charge in [0.2, 0.25) is 0 Å². The highest BCUT2D eigenvalue weighted by Crippen LogP contribution is 2.39. The number of rotatable bonds is 2. The van der Waals surface area contributed by atoms with Crippen LogP contribution in [0.3, 0.4) is 0 Å². The second kappa shape index (κ2) is 3.88. The van der Waals surface area contributed by atoms with E-state index in [1.54, 1.807) is 6.07 Å². The first-order chi connectivity index (χ1) is 6.83. The molecule has 0 saturated heterocycles. The van der Waals surface area contributed by atoms with Crippen molar-refractivity contribution in [3.63, 3.8) is 0 Å². The van der Waals surface area contributed by atoms with E-state index < -0.39 is 0 Å². The number of phenols is 1. The first-order valence-electron chi connectivity index (χ1n) is 4.92. The Morgan fingerprint density at radius 2 is 2.43 bits per heavy atom. The van der Waals surface area contributed by atoms with Gasteiger partial charge in [0.1, 0.15) is 0 Å². The minimum atomic E-state index is 0.253. The number of para-hydroxylation sites is 1. The van der Waals surface area contributed by atoms with Gasteiger partial charge in [-0.2, -0.15) is 0 Å². The third-order valence-corrected chi connectivity index (χ3v) is 2.63. The molecule has 1 aromatic rings. The van der Waals surface area contributed by atoms with Crippen molar-refractivity contribution in [2.75, 3.05) is 20.2 Å². The molecule has 1 aromatic carbocycles. The molecule has 2 N–H and O–H groups in total. The summed E-state index contributed by atoms with van der Waals surface area (Å²) in [5, 5.41) is 12.8. The maximum absolute atomic E-state index is 9.60. The number of benzene rings is 1. The van der Waals surface area contributed by atoms with Crippen molar-refractivity contribution in [3.05, 3.63) is 23.8 Å². The lowest BCUT2D eigenvalue weighted by Crippen LogP contribution is -2.23. The molecule has 1 atom stereocenters. The van der Waals surface area contributed by atoms with Gasteiger partial charge in [0.25, 0.3) is 0 Å². The number of hydrogen-bond acceptors (Lipinski definition) is 3. The summed E-state index contributed by atoms with van der Waals surface area (Å²) in [4.78, 5) is 0. The summed E-state index contributed by atoms with van der Waals surface area (Å²) in [5.74, 6) is 1.37. The molecule has 0 radical (unpaired) electrons. The van der Waals surface area contributed by atoms with Crippen molar-refractivity contribution in [1.82, 2.24) is 5.32 Å². The van der Waals surface area contributed by atoms with Crippen LogP contribution in [0, 0.1) is 0 Å². The highest BCUT2D eigenvalue weighted by molar-refractivity contribution is 5.48. The summed E-state index contributed by atoms with van der Waals surface area (Å²) < 4.78 is 5.45. The second-order valence-electron chi connectivity index (χ2n) is 3.59. The van der Waals surface area contributed by atoms with Gasteiger partial charge in [-0.25, -0.2) is 0 Å². The number of hydrogen-bond donors (Lipinski definition) is 2. The lowest BCUT2D eigenvalue weighted by molar-refractivity contribution is 0.253. The van der Waals surface area contributed by atoms with Gasteiger partial charge in [-0.1, -0.05) is 12.1 Å². The molecule has 1 aliphatic heterocycles. The maximum atomic E-state index is 9.60. The van der Waals surface area contributed by atoms with E-state index in [4.69, 9.17) is 4.74 Å². The van der Waals surface area contributed by atoms with Gasteiger partial charge in [0.05, 0.1) is 6.61 Å². The third kappa shape index (κ3) is 1.55.